The van der Waals surface area contributed by atoms with Gasteiger partial charge in [-0.15, -0.1) is 0 Å². The van der Waals surface area contributed by atoms with Gasteiger partial charge in [0.1, 0.15) is 0 Å². The monoisotopic (exact) mass is 261 g/mol. The number of hydrogen-bond donors (Lipinski definition) is 2. The molecular formula is C11H23N3O2S. The predicted molar refractivity (Wildman–Crippen MR) is 72.9 cm³/mol. The highest BCUT2D eigenvalue weighted by atomic mass is 32.1. The van der Waals surface area contributed by atoms with E-state index in [9.17, 15) is 4.79 Å². The number of nitrogens with one attached hydrogen (secondary N) is 1. The molecule has 0 aliphatic heterocycles. The van der Waals surface area contributed by atoms with Crippen molar-refractivity contribution in [3.63, 3.8) is 0 Å². The van der Waals surface area contributed by atoms with E-state index in [4.69, 9.17) is 22.7 Å². The van der Waals surface area contributed by atoms with Crippen LogP contribution in [0.2, 0.25) is 0 Å². The first-order chi connectivity index (χ1) is 7.97. The second-order valence-electron chi connectivity index (χ2n) is 4.20. The van der Waals surface area contributed by atoms with Crippen LogP contribution in [-0.2, 0) is 9.53 Å². The van der Waals surface area contributed by atoms with Crippen molar-refractivity contribution in [1.29, 1.82) is 0 Å². The molecule has 100 valence electrons. The van der Waals surface area contributed by atoms with Crippen LogP contribution in [-0.4, -0.2) is 56.2 Å². The van der Waals surface area contributed by atoms with Gasteiger partial charge in [0.05, 0.1) is 11.5 Å². The summed E-state index contributed by atoms with van der Waals surface area (Å²) in [6.07, 6.45) is 0.829. The number of amides is 1. The van der Waals surface area contributed by atoms with Crippen molar-refractivity contribution in [1.82, 2.24) is 10.2 Å². The normalized spacial score (nSPS) is 12.5. The van der Waals surface area contributed by atoms with E-state index in [0.29, 0.717) is 31.2 Å². The maximum Gasteiger partial charge on any atom is 0.234 e. The van der Waals surface area contributed by atoms with Crippen molar-refractivity contribution in [3.05, 3.63) is 0 Å². The van der Waals surface area contributed by atoms with Gasteiger partial charge in [0.15, 0.2) is 0 Å². The molecule has 0 aliphatic rings. The number of nitrogens with two attached hydrogens (primary N) is 1. The molecule has 0 aromatic carbocycles. The first-order valence-electron chi connectivity index (χ1n) is 5.70. The molecule has 6 heteroatoms. The third-order valence-electron chi connectivity index (χ3n) is 2.33. The molecular weight excluding hydrogens is 238 g/mol. The molecule has 0 fully saturated rings. The molecule has 0 aromatic heterocycles. The van der Waals surface area contributed by atoms with Crippen LogP contribution in [0.4, 0.5) is 0 Å². The van der Waals surface area contributed by atoms with Crippen LogP contribution in [0.5, 0.6) is 0 Å². The van der Waals surface area contributed by atoms with Crippen LogP contribution in [0.15, 0.2) is 0 Å². The van der Waals surface area contributed by atoms with E-state index in [1.54, 1.807) is 7.11 Å². The number of nitrogens with zero attached hydrogens (tertiary/aromatic N) is 1. The van der Waals surface area contributed by atoms with Gasteiger partial charge in [0.25, 0.3) is 0 Å². The lowest BCUT2D eigenvalue weighted by Gasteiger charge is -2.20. The third-order valence-corrected chi connectivity index (χ3v) is 2.73. The third kappa shape index (κ3) is 9.02. The quantitative estimate of drug-likeness (QED) is 0.451. The summed E-state index contributed by atoms with van der Waals surface area (Å²) in [5.74, 6) is 0.134. The highest BCUT2D eigenvalue weighted by Gasteiger charge is 2.11. The average molecular weight is 261 g/mol. The number of carbonyl (C=O) groups is 1. The zero-order valence-electron chi connectivity index (χ0n) is 10.9. The maximum absolute atomic E-state index is 11.5. The van der Waals surface area contributed by atoms with Crippen LogP contribution in [0.1, 0.15) is 13.3 Å². The summed E-state index contributed by atoms with van der Waals surface area (Å²) in [6, 6.07) is 0. The smallest absolute Gasteiger partial charge is 0.234 e. The van der Waals surface area contributed by atoms with E-state index in [-0.39, 0.29) is 11.8 Å². The fourth-order valence-electron chi connectivity index (χ4n) is 1.37. The number of thiocarbonyl (C=S) groups is 1. The summed E-state index contributed by atoms with van der Waals surface area (Å²) in [5, 5.41) is 2.83. The Morgan fingerprint density at radius 3 is 2.76 bits per heavy atom. The van der Waals surface area contributed by atoms with E-state index < -0.39 is 0 Å². The van der Waals surface area contributed by atoms with Crippen LogP contribution in [0, 0.1) is 5.92 Å². The number of carbonyl (C=O) groups excluding carboxylic acids is 1. The molecule has 0 heterocycles. The Bertz CT molecular complexity index is 249. The molecule has 0 aliphatic carbocycles. The van der Waals surface area contributed by atoms with Crippen molar-refractivity contribution in [2.24, 2.45) is 11.7 Å². The van der Waals surface area contributed by atoms with Crippen LogP contribution >= 0.6 is 12.2 Å². The number of rotatable bonds is 9. The first-order valence-corrected chi connectivity index (χ1v) is 6.11. The second-order valence-corrected chi connectivity index (χ2v) is 4.67. The largest absolute Gasteiger partial charge is 0.393 e. The van der Waals surface area contributed by atoms with Gasteiger partial charge in [-0.25, -0.2) is 0 Å². The van der Waals surface area contributed by atoms with E-state index >= 15 is 0 Å². The first kappa shape index (κ1) is 16.3. The summed E-state index contributed by atoms with van der Waals surface area (Å²) in [5.41, 5.74) is 5.52. The predicted octanol–water partition coefficient (Wildman–Crippen LogP) is -0.00690. The zero-order chi connectivity index (χ0) is 13.3. The van der Waals surface area contributed by atoms with Crippen LogP contribution in [0.25, 0.3) is 0 Å². The van der Waals surface area contributed by atoms with Crippen molar-refractivity contribution < 1.29 is 9.53 Å². The Morgan fingerprint density at radius 1 is 1.59 bits per heavy atom. The Kier molecular flexibility index (Phi) is 8.93. The van der Waals surface area contributed by atoms with E-state index in [1.807, 2.05) is 18.9 Å². The zero-order valence-corrected chi connectivity index (χ0v) is 11.7. The summed E-state index contributed by atoms with van der Waals surface area (Å²) in [4.78, 5) is 13.9. The van der Waals surface area contributed by atoms with Crippen LogP contribution < -0.4 is 11.1 Å². The summed E-state index contributed by atoms with van der Waals surface area (Å²) >= 11 is 4.89. The Balaban J connectivity index is 3.69. The van der Waals surface area contributed by atoms with Crippen molar-refractivity contribution in [3.8, 4) is 0 Å². The minimum Gasteiger partial charge on any atom is -0.393 e. The van der Waals surface area contributed by atoms with Gasteiger partial charge in [0.2, 0.25) is 5.91 Å². The Labute approximate surface area is 109 Å². The van der Waals surface area contributed by atoms with Crippen LogP contribution in [0.3, 0.4) is 0 Å². The van der Waals surface area contributed by atoms with Gasteiger partial charge in [-0.05, 0) is 13.5 Å². The van der Waals surface area contributed by atoms with Gasteiger partial charge in [-0.1, -0.05) is 19.1 Å². The average Bonchev–Trinajstić information content (AvgIpc) is 2.24. The molecule has 0 aromatic rings. The molecule has 0 bridgehead atoms. The fraction of sp³-hybridized carbons (Fsp3) is 0.818. The maximum atomic E-state index is 11.5. The molecule has 0 saturated carbocycles. The van der Waals surface area contributed by atoms with Gasteiger partial charge in [-0.3, -0.25) is 9.69 Å². The highest BCUT2D eigenvalue weighted by molar-refractivity contribution is 7.80. The Morgan fingerprint density at radius 2 is 2.24 bits per heavy atom. The second kappa shape index (κ2) is 9.32. The molecule has 0 rings (SSSR count). The van der Waals surface area contributed by atoms with Gasteiger partial charge in [-0.2, -0.15) is 0 Å². The molecule has 17 heavy (non-hydrogen) atoms. The lowest BCUT2D eigenvalue weighted by Crippen LogP contribution is -2.39. The van der Waals surface area contributed by atoms with Gasteiger partial charge < -0.3 is 15.8 Å². The molecule has 5 nitrogen and oxygen atoms in total. The fourth-order valence-corrected chi connectivity index (χ4v) is 1.44. The lowest BCUT2D eigenvalue weighted by molar-refractivity contribution is -0.122. The number of ether oxygens (including phenoxy) is 1. The minimum absolute atomic E-state index is 0.0127. The summed E-state index contributed by atoms with van der Waals surface area (Å²) in [7, 11) is 3.52. The standard InChI is InChI=1S/C11H23N3O2S/c1-9(11(12)17)7-14(2)8-10(15)13-5-4-6-16-3/h9H,4-8H2,1-3H3,(H2,12,17)(H,13,15). The van der Waals surface area contributed by atoms with Crippen molar-refractivity contribution in [2.75, 3.05) is 40.4 Å². The van der Waals surface area contributed by atoms with Gasteiger partial charge >= 0.3 is 0 Å². The Hall–Kier alpha value is -0.720. The number of methoxy groups -OCH3 is 1. The molecule has 1 unspecified atom stereocenters. The minimum atomic E-state index is 0.0127. The molecule has 0 radical (unpaired) electrons. The van der Waals surface area contributed by atoms with E-state index in [0.717, 1.165) is 6.42 Å². The van der Waals surface area contributed by atoms with Gasteiger partial charge in [0, 0.05) is 32.7 Å². The molecule has 3 N–H and O–H groups in total. The SMILES string of the molecule is COCCCNC(=O)CN(C)CC(C)C(N)=S. The van der Waals surface area contributed by atoms with Crippen molar-refractivity contribution >= 4 is 23.1 Å². The summed E-state index contributed by atoms with van der Waals surface area (Å²) < 4.78 is 4.89. The summed E-state index contributed by atoms with van der Waals surface area (Å²) in [6.45, 7) is 4.32. The van der Waals surface area contributed by atoms with E-state index in [1.165, 1.54) is 0 Å². The highest BCUT2D eigenvalue weighted by Crippen LogP contribution is 1.97. The van der Waals surface area contributed by atoms with Crippen molar-refractivity contribution in [2.45, 2.75) is 13.3 Å². The number of hydrogen-bond acceptors (Lipinski definition) is 4. The number of likely N-dealkylation sites (N-methyl/N-ethyl adjacent to an activating group) is 1. The molecule has 1 amide bonds. The molecule has 1 atom stereocenters. The lowest BCUT2D eigenvalue weighted by atomic mass is 10.2. The topological polar surface area (TPSA) is 67.6 Å². The molecule has 0 spiro atoms. The van der Waals surface area contributed by atoms with E-state index in [2.05, 4.69) is 5.32 Å². The molecule has 0 saturated heterocycles.